The van der Waals surface area contributed by atoms with Crippen molar-refractivity contribution in [3.63, 3.8) is 0 Å². The van der Waals surface area contributed by atoms with Crippen LogP contribution < -0.4 is 5.32 Å². The lowest BCUT2D eigenvalue weighted by Gasteiger charge is -2.10. The fourth-order valence-electron chi connectivity index (χ4n) is 3.04. The Morgan fingerprint density at radius 2 is 1.96 bits per heavy atom. The van der Waals surface area contributed by atoms with Crippen LogP contribution in [0.15, 0.2) is 59.2 Å². The summed E-state index contributed by atoms with van der Waals surface area (Å²) in [5, 5.41) is 12.1. The van der Waals surface area contributed by atoms with Crippen molar-refractivity contribution >= 4 is 38.3 Å². The summed E-state index contributed by atoms with van der Waals surface area (Å²) in [6.45, 7) is 3.91. The third-order valence-electron chi connectivity index (χ3n) is 4.27. The molecule has 0 saturated heterocycles. The van der Waals surface area contributed by atoms with Crippen LogP contribution in [0.5, 0.6) is 0 Å². The molecule has 1 N–H and O–H groups in total. The van der Waals surface area contributed by atoms with Crippen LogP contribution in [0.2, 0.25) is 0 Å². The average molecular weight is 454 g/mol. The summed E-state index contributed by atoms with van der Waals surface area (Å²) in [5.41, 5.74) is 4.17. The van der Waals surface area contributed by atoms with Gasteiger partial charge in [-0.2, -0.15) is 0 Å². The Morgan fingerprint density at radius 3 is 2.71 bits per heavy atom. The first-order valence-corrected chi connectivity index (χ1v) is 10.1. The van der Waals surface area contributed by atoms with E-state index >= 15 is 0 Å². The van der Waals surface area contributed by atoms with Gasteiger partial charge in [-0.15, -0.1) is 10.2 Å². The summed E-state index contributed by atoms with van der Waals surface area (Å²) < 4.78 is 3.04. The average Bonchev–Trinajstić information content (AvgIpc) is 3.26. The summed E-state index contributed by atoms with van der Waals surface area (Å²) >= 11 is 4.79. The van der Waals surface area contributed by atoms with E-state index in [4.69, 9.17) is 0 Å². The van der Waals surface area contributed by atoms with Crippen LogP contribution in [0.3, 0.4) is 0 Å². The maximum atomic E-state index is 12.8. The van der Waals surface area contributed by atoms with Crippen LogP contribution in [0.4, 0.5) is 5.13 Å². The summed E-state index contributed by atoms with van der Waals surface area (Å²) in [6.07, 6.45) is 1.70. The Kier molecular flexibility index (Phi) is 5.06. The smallest absolute Gasteiger partial charge is 0.259 e. The van der Waals surface area contributed by atoms with E-state index in [9.17, 15) is 4.79 Å². The van der Waals surface area contributed by atoms with Gasteiger partial charge < -0.3 is 4.57 Å². The number of carbonyl (C=O) groups excluding carboxylic acids is 1. The number of nitrogens with zero attached hydrogens (tertiary/aromatic N) is 4. The van der Waals surface area contributed by atoms with Crippen LogP contribution in [0.1, 0.15) is 21.7 Å². The third kappa shape index (κ3) is 3.61. The van der Waals surface area contributed by atoms with Crippen LogP contribution in [-0.4, -0.2) is 25.7 Å². The molecule has 8 heteroatoms. The highest BCUT2D eigenvalue weighted by molar-refractivity contribution is 9.10. The minimum Gasteiger partial charge on any atom is -0.318 e. The summed E-state index contributed by atoms with van der Waals surface area (Å²) in [6, 6.07) is 15.4. The molecule has 140 valence electrons. The number of hydrogen-bond acceptors (Lipinski definition) is 5. The molecule has 28 heavy (non-hydrogen) atoms. The van der Waals surface area contributed by atoms with Gasteiger partial charge in [0.1, 0.15) is 5.69 Å². The highest BCUT2D eigenvalue weighted by Crippen LogP contribution is 2.27. The van der Waals surface area contributed by atoms with Crippen LogP contribution in [0.25, 0.3) is 16.4 Å². The predicted octanol–water partition coefficient (Wildman–Crippen LogP) is 5.02. The van der Waals surface area contributed by atoms with Gasteiger partial charge >= 0.3 is 0 Å². The zero-order valence-electron chi connectivity index (χ0n) is 15.2. The number of anilines is 1. The molecular weight excluding hydrogens is 438 g/mol. The van der Waals surface area contributed by atoms with Gasteiger partial charge in [-0.25, -0.2) is 0 Å². The lowest BCUT2D eigenvalue weighted by Crippen LogP contribution is -2.13. The quantitative estimate of drug-likeness (QED) is 0.470. The number of nitrogens with one attached hydrogen (secondary N) is 1. The van der Waals surface area contributed by atoms with E-state index in [0.717, 1.165) is 27.2 Å². The van der Waals surface area contributed by atoms with E-state index in [2.05, 4.69) is 41.0 Å². The van der Waals surface area contributed by atoms with Crippen LogP contribution in [-0.2, 0) is 0 Å². The normalized spacial score (nSPS) is 10.8. The number of halogens is 1. The maximum absolute atomic E-state index is 12.8. The van der Waals surface area contributed by atoms with Crippen molar-refractivity contribution in [1.29, 1.82) is 0 Å². The fourth-order valence-corrected chi connectivity index (χ4v) is 4.14. The standard InChI is InChI=1S/C20H16BrN5OS/c1-12-10-16(13(2)26(12)15-7-5-6-14(21)11-15)18(27)23-20-25-24-19(28-20)17-8-3-4-9-22-17/h3-11H,1-2H3,(H,23,25,27). The molecule has 3 heterocycles. The molecule has 3 aromatic heterocycles. The Balaban J connectivity index is 1.60. The van der Waals surface area contributed by atoms with E-state index in [1.165, 1.54) is 11.3 Å². The van der Waals surface area contributed by atoms with Crippen molar-refractivity contribution in [2.75, 3.05) is 5.32 Å². The van der Waals surface area contributed by atoms with Gasteiger partial charge in [0.15, 0.2) is 5.01 Å². The van der Waals surface area contributed by atoms with Gasteiger partial charge in [0, 0.05) is 27.7 Å². The molecule has 4 aromatic rings. The molecule has 0 fully saturated rings. The molecule has 0 spiro atoms. The van der Waals surface area contributed by atoms with Gasteiger partial charge in [-0.1, -0.05) is 39.4 Å². The minimum atomic E-state index is -0.210. The number of benzene rings is 1. The number of aryl methyl sites for hydroxylation is 1. The first kappa shape index (κ1) is 18.5. The van der Waals surface area contributed by atoms with E-state index in [-0.39, 0.29) is 5.91 Å². The van der Waals surface area contributed by atoms with E-state index < -0.39 is 0 Å². The van der Waals surface area contributed by atoms with Gasteiger partial charge in [-0.3, -0.25) is 15.1 Å². The summed E-state index contributed by atoms with van der Waals surface area (Å²) in [5.74, 6) is -0.210. The number of hydrogen-bond donors (Lipinski definition) is 1. The number of aromatic nitrogens is 4. The second kappa shape index (κ2) is 7.65. The summed E-state index contributed by atoms with van der Waals surface area (Å²) in [7, 11) is 0. The molecule has 1 aromatic carbocycles. The number of rotatable bonds is 4. The van der Waals surface area contributed by atoms with Gasteiger partial charge in [0.05, 0.1) is 5.56 Å². The predicted molar refractivity (Wildman–Crippen MR) is 114 cm³/mol. The van der Waals surface area contributed by atoms with Crippen molar-refractivity contribution in [3.05, 3.63) is 76.2 Å². The molecule has 0 saturated carbocycles. The van der Waals surface area contributed by atoms with Crippen molar-refractivity contribution in [3.8, 4) is 16.4 Å². The number of pyridine rings is 1. The van der Waals surface area contributed by atoms with Crippen molar-refractivity contribution in [1.82, 2.24) is 19.7 Å². The second-order valence-electron chi connectivity index (χ2n) is 6.18. The minimum absolute atomic E-state index is 0.210. The topological polar surface area (TPSA) is 72.7 Å². The lowest BCUT2D eigenvalue weighted by molar-refractivity contribution is 0.102. The molecule has 0 aliphatic heterocycles. The molecule has 0 atom stereocenters. The molecule has 0 aliphatic carbocycles. The Bertz CT molecular complexity index is 1150. The molecule has 1 amide bonds. The van der Waals surface area contributed by atoms with E-state index in [0.29, 0.717) is 15.7 Å². The van der Waals surface area contributed by atoms with Gasteiger partial charge in [0.25, 0.3) is 5.91 Å². The van der Waals surface area contributed by atoms with Gasteiger partial charge in [0.2, 0.25) is 5.13 Å². The van der Waals surface area contributed by atoms with E-state index in [1.54, 1.807) is 6.20 Å². The van der Waals surface area contributed by atoms with Gasteiger partial charge in [-0.05, 0) is 50.2 Å². The zero-order valence-corrected chi connectivity index (χ0v) is 17.6. The van der Waals surface area contributed by atoms with Crippen molar-refractivity contribution in [2.45, 2.75) is 13.8 Å². The second-order valence-corrected chi connectivity index (χ2v) is 8.07. The summed E-state index contributed by atoms with van der Waals surface area (Å²) in [4.78, 5) is 17.1. The molecule has 0 aliphatic rings. The highest BCUT2D eigenvalue weighted by atomic mass is 79.9. The first-order chi connectivity index (χ1) is 13.5. The van der Waals surface area contributed by atoms with Crippen LogP contribution in [0, 0.1) is 13.8 Å². The van der Waals surface area contributed by atoms with Crippen molar-refractivity contribution < 1.29 is 4.79 Å². The number of carbonyl (C=O) groups is 1. The lowest BCUT2D eigenvalue weighted by atomic mass is 10.2. The molecule has 0 unspecified atom stereocenters. The van der Waals surface area contributed by atoms with Crippen LogP contribution >= 0.6 is 27.3 Å². The Hall–Kier alpha value is -2.84. The maximum Gasteiger partial charge on any atom is 0.259 e. The molecule has 0 radical (unpaired) electrons. The Labute approximate surface area is 174 Å². The van der Waals surface area contributed by atoms with Crippen molar-refractivity contribution in [2.24, 2.45) is 0 Å². The van der Waals surface area contributed by atoms with E-state index in [1.807, 2.05) is 62.4 Å². The highest BCUT2D eigenvalue weighted by Gasteiger charge is 2.18. The molecule has 4 rings (SSSR count). The first-order valence-electron chi connectivity index (χ1n) is 8.54. The fraction of sp³-hybridized carbons (Fsp3) is 0.100. The largest absolute Gasteiger partial charge is 0.318 e. The molecule has 6 nitrogen and oxygen atoms in total. The third-order valence-corrected chi connectivity index (χ3v) is 5.63. The number of amides is 1. The SMILES string of the molecule is Cc1cc(C(=O)Nc2nnc(-c3ccccn3)s2)c(C)n1-c1cccc(Br)c1. The monoisotopic (exact) mass is 453 g/mol. The zero-order chi connectivity index (χ0) is 19.7. The molecular formula is C20H16BrN5OS. The molecule has 0 bridgehead atoms. The Morgan fingerprint density at radius 1 is 1.11 bits per heavy atom.